The smallest absolute Gasteiger partial charge is 0.203 e. The molecule has 0 fully saturated rings. The zero-order valence-corrected chi connectivity index (χ0v) is 19.4. The van der Waals surface area contributed by atoms with Crippen LogP contribution in [0.15, 0.2) is 48.5 Å². The largest absolute Gasteiger partial charge is 0.506 e. The molecule has 2 heterocycles. The highest BCUT2D eigenvalue weighted by molar-refractivity contribution is 5.77. The monoisotopic (exact) mass is 445 g/mol. The van der Waals surface area contributed by atoms with Gasteiger partial charge in [0.15, 0.2) is 0 Å². The minimum Gasteiger partial charge on any atom is -0.506 e. The standard InChI is InChI=1S/C26H31N5O2/c1-17-6-9-20(5-4-12-32)21(13-17)28-15-19-8-10-23-24(14-19)31(26(27)30(23)3)16-22-25(33)11-7-18(2)29-22/h6-11,13-14,27-28,32-33H,4-5,12,15-16H2,1-3H3. The van der Waals surface area contributed by atoms with Gasteiger partial charge in [0.25, 0.3) is 0 Å². The Hall–Kier alpha value is -3.58. The van der Waals surface area contributed by atoms with Crippen LogP contribution in [0, 0.1) is 19.3 Å². The fourth-order valence-electron chi connectivity index (χ4n) is 4.16. The molecule has 0 amide bonds. The molecule has 0 radical (unpaired) electrons. The van der Waals surface area contributed by atoms with Gasteiger partial charge in [0, 0.05) is 31.6 Å². The van der Waals surface area contributed by atoms with Crippen LogP contribution in [-0.4, -0.2) is 30.9 Å². The number of aliphatic hydroxyl groups excluding tert-OH is 1. The summed E-state index contributed by atoms with van der Waals surface area (Å²) in [5.74, 6) is 0.136. The van der Waals surface area contributed by atoms with Crippen molar-refractivity contribution in [3.05, 3.63) is 82.2 Å². The van der Waals surface area contributed by atoms with Crippen LogP contribution in [0.5, 0.6) is 5.75 Å². The van der Waals surface area contributed by atoms with Crippen LogP contribution < -0.4 is 10.9 Å². The first kappa shape index (κ1) is 22.6. The fraction of sp³-hybridized carbons (Fsp3) is 0.308. The van der Waals surface area contributed by atoms with Gasteiger partial charge in [-0.2, -0.15) is 0 Å². The van der Waals surface area contributed by atoms with Crippen LogP contribution in [0.2, 0.25) is 0 Å². The molecule has 2 aromatic heterocycles. The Bertz CT molecular complexity index is 1350. The number of fused-ring (bicyclic) bond motifs is 1. The first-order valence-electron chi connectivity index (χ1n) is 11.2. The van der Waals surface area contributed by atoms with E-state index >= 15 is 0 Å². The first-order valence-corrected chi connectivity index (χ1v) is 11.2. The zero-order valence-electron chi connectivity index (χ0n) is 19.4. The van der Waals surface area contributed by atoms with Crippen molar-refractivity contribution in [2.75, 3.05) is 11.9 Å². The molecular formula is C26H31N5O2. The van der Waals surface area contributed by atoms with Gasteiger partial charge in [0.05, 0.1) is 17.6 Å². The second kappa shape index (κ2) is 9.50. The van der Waals surface area contributed by atoms with E-state index in [1.807, 2.05) is 29.2 Å². The average Bonchev–Trinajstić information content (AvgIpc) is 3.03. The summed E-state index contributed by atoms with van der Waals surface area (Å²) in [7, 11) is 1.88. The van der Waals surface area contributed by atoms with Gasteiger partial charge in [-0.1, -0.05) is 18.2 Å². The molecule has 172 valence electrons. The van der Waals surface area contributed by atoms with E-state index in [2.05, 4.69) is 47.6 Å². The van der Waals surface area contributed by atoms with Crippen LogP contribution in [-0.2, 0) is 26.6 Å². The van der Waals surface area contributed by atoms with E-state index in [9.17, 15) is 10.2 Å². The number of aliphatic hydroxyl groups is 1. The van der Waals surface area contributed by atoms with Gasteiger partial charge in [-0.25, -0.2) is 0 Å². The molecule has 0 aliphatic heterocycles. The van der Waals surface area contributed by atoms with Crippen molar-refractivity contribution in [3.63, 3.8) is 0 Å². The summed E-state index contributed by atoms with van der Waals surface area (Å²) in [4.78, 5) is 4.47. The van der Waals surface area contributed by atoms with Crippen molar-refractivity contribution < 1.29 is 10.2 Å². The van der Waals surface area contributed by atoms with Crippen molar-refractivity contribution in [1.82, 2.24) is 14.1 Å². The van der Waals surface area contributed by atoms with Crippen molar-refractivity contribution in [3.8, 4) is 5.75 Å². The van der Waals surface area contributed by atoms with E-state index in [0.717, 1.165) is 40.8 Å². The average molecular weight is 446 g/mol. The molecule has 0 atom stereocenters. The Morgan fingerprint density at radius 3 is 2.64 bits per heavy atom. The lowest BCUT2D eigenvalue weighted by Gasteiger charge is -2.13. The first-order chi connectivity index (χ1) is 15.9. The lowest BCUT2D eigenvalue weighted by molar-refractivity contribution is 0.288. The van der Waals surface area contributed by atoms with E-state index in [-0.39, 0.29) is 12.4 Å². The van der Waals surface area contributed by atoms with Crippen molar-refractivity contribution in [2.45, 2.75) is 39.8 Å². The van der Waals surface area contributed by atoms with Crippen LogP contribution in [0.4, 0.5) is 5.69 Å². The number of benzene rings is 2. The maximum absolute atomic E-state index is 10.3. The number of rotatable bonds is 8. The molecule has 0 unspecified atom stereocenters. The number of aromatic nitrogens is 3. The Morgan fingerprint density at radius 2 is 1.85 bits per heavy atom. The summed E-state index contributed by atoms with van der Waals surface area (Å²) < 4.78 is 3.71. The molecule has 0 aliphatic rings. The molecule has 7 heteroatoms. The van der Waals surface area contributed by atoms with Gasteiger partial charge in [-0.05, 0) is 73.7 Å². The molecule has 7 nitrogen and oxygen atoms in total. The normalized spacial score (nSPS) is 11.3. The Morgan fingerprint density at radius 1 is 1.03 bits per heavy atom. The fourth-order valence-corrected chi connectivity index (χ4v) is 4.16. The highest BCUT2D eigenvalue weighted by Gasteiger charge is 2.13. The predicted octanol–water partition coefficient (Wildman–Crippen LogP) is 3.76. The Labute approximate surface area is 193 Å². The number of hydrogen-bond donors (Lipinski definition) is 4. The van der Waals surface area contributed by atoms with Gasteiger partial charge in [0.2, 0.25) is 5.62 Å². The molecule has 0 bridgehead atoms. The third kappa shape index (κ3) is 4.78. The number of pyridine rings is 1. The van der Waals surface area contributed by atoms with Gasteiger partial charge in [-0.15, -0.1) is 0 Å². The van der Waals surface area contributed by atoms with E-state index in [4.69, 9.17) is 5.41 Å². The van der Waals surface area contributed by atoms with Crippen LogP contribution in [0.3, 0.4) is 0 Å². The summed E-state index contributed by atoms with van der Waals surface area (Å²) in [6, 6.07) is 16.0. The molecule has 4 rings (SSSR count). The molecule has 0 saturated carbocycles. The molecule has 0 saturated heterocycles. The van der Waals surface area contributed by atoms with Crippen molar-refractivity contribution in [1.29, 1.82) is 5.41 Å². The molecule has 0 aliphatic carbocycles. The summed E-state index contributed by atoms with van der Waals surface area (Å²) in [6.07, 6.45) is 1.56. The van der Waals surface area contributed by atoms with Crippen molar-refractivity contribution in [2.24, 2.45) is 7.05 Å². The van der Waals surface area contributed by atoms with Gasteiger partial charge in [-0.3, -0.25) is 10.4 Å². The minimum absolute atomic E-state index is 0.136. The highest BCUT2D eigenvalue weighted by atomic mass is 16.3. The molecular weight excluding hydrogens is 414 g/mol. The Balaban J connectivity index is 1.65. The number of nitrogens with zero attached hydrogens (tertiary/aromatic N) is 3. The lowest BCUT2D eigenvalue weighted by atomic mass is 10.0. The number of aromatic hydroxyl groups is 1. The molecule has 4 aromatic rings. The summed E-state index contributed by atoms with van der Waals surface area (Å²) in [5.41, 5.74) is 8.17. The third-order valence-electron chi connectivity index (χ3n) is 6.02. The number of anilines is 1. The molecule has 2 aromatic carbocycles. The summed E-state index contributed by atoms with van der Waals surface area (Å²) in [6.45, 7) is 5.11. The summed E-state index contributed by atoms with van der Waals surface area (Å²) in [5, 5.41) is 31.6. The van der Waals surface area contributed by atoms with Crippen LogP contribution in [0.1, 0.15) is 34.5 Å². The number of aryl methyl sites for hydroxylation is 4. The molecule has 33 heavy (non-hydrogen) atoms. The van der Waals surface area contributed by atoms with E-state index in [0.29, 0.717) is 24.4 Å². The van der Waals surface area contributed by atoms with E-state index in [1.165, 1.54) is 11.1 Å². The second-order valence-corrected chi connectivity index (χ2v) is 8.55. The van der Waals surface area contributed by atoms with Gasteiger partial charge >= 0.3 is 0 Å². The minimum atomic E-state index is 0.136. The van der Waals surface area contributed by atoms with Crippen molar-refractivity contribution >= 4 is 16.7 Å². The lowest BCUT2D eigenvalue weighted by Crippen LogP contribution is -2.23. The summed E-state index contributed by atoms with van der Waals surface area (Å²) >= 11 is 0. The zero-order chi connectivity index (χ0) is 23.5. The number of hydrogen-bond acceptors (Lipinski definition) is 5. The Kier molecular flexibility index (Phi) is 6.51. The van der Waals surface area contributed by atoms with Crippen LogP contribution >= 0.6 is 0 Å². The maximum Gasteiger partial charge on any atom is 0.203 e. The maximum atomic E-state index is 10.3. The SMILES string of the molecule is Cc1ccc(CCCO)c(NCc2ccc3c(c2)n(Cc2nc(C)ccc2O)c(=N)n3C)c1. The molecule has 0 spiro atoms. The van der Waals surface area contributed by atoms with Gasteiger partial charge < -0.3 is 24.7 Å². The number of imidazole rings is 1. The second-order valence-electron chi connectivity index (χ2n) is 8.55. The van der Waals surface area contributed by atoms with Gasteiger partial charge in [0.1, 0.15) is 11.4 Å². The quantitative estimate of drug-likeness (QED) is 0.332. The van der Waals surface area contributed by atoms with E-state index in [1.54, 1.807) is 12.1 Å². The number of nitrogens with one attached hydrogen (secondary N) is 2. The molecule has 4 N–H and O–H groups in total. The van der Waals surface area contributed by atoms with Crippen LogP contribution in [0.25, 0.3) is 11.0 Å². The van der Waals surface area contributed by atoms with E-state index < -0.39 is 0 Å². The highest BCUT2D eigenvalue weighted by Crippen LogP contribution is 2.23. The predicted molar refractivity (Wildman–Crippen MR) is 130 cm³/mol. The third-order valence-corrected chi connectivity index (χ3v) is 6.02. The topological polar surface area (TPSA) is 99.1 Å².